The summed E-state index contributed by atoms with van der Waals surface area (Å²) in [6.45, 7) is 0. The number of hydrogen-bond donors (Lipinski definition) is 2. The number of carbonyl (C=O) groups excluding carboxylic acids is 1. The lowest BCUT2D eigenvalue weighted by atomic mass is 10.3. The van der Waals surface area contributed by atoms with Crippen LogP contribution in [0, 0.1) is 0 Å². The molecule has 0 fully saturated rings. The van der Waals surface area contributed by atoms with Crippen LogP contribution in [0.15, 0.2) is 33.9 Å². The Labute approximate surface area is 139 Å². The summed E-state index contributed by atoms with van der Waals surface area (Å²) in [5, 5.41) is 7.29. The third-order valence-corrected chi connectivity index (χ3v) is 4.86. The van der Waals surface area contributed by atoms with Crippen molar-refractivity contribution in [1.82, 2.24) is 20.3 Å². The maximum Gasteiger partial charge on any atom is 0.263 e. The Hall–Kier alpha value is -2.58. The van der Waals surface area contributed by atoms with Gasteiger partial charge in [0, 0.05) is 18.6 Å². The molecule has 8 heteroatoms. The van der Waals surface area contributed by atoms with Gasteiger partial charge in [0.15, 0.2) is 0 Å². The third kappa shape index (κ3) is 3.43. The van der Waals surface area contributed by atoms with E-state index in [0.717, 1.165) is 15.6 Å². The van der Waals surface area contributed by atoms with Crippen molar-refractivity contribution >= 4 is 40.7 Å². The minimum Gasteiger partial charge on any atom is -0.355 e. The van der Waals surface area contributed by atoms with Crippen LogP contribution in [0.2, 0.25) is 0 Å². The van der Waals surface area contributed by atoms with E-state index in [-0.39, 0.29) is 5.56 Å². The van der Waals surface area contributed by atoms with E-state index in [9.17, 15) is 9.59 Å². The van der Waals surface area contributed by atoms with Crippen LogP contribution in [0.1, 0.15) is 21.9 Å². The zero-order valence-corrected chi connectivity index (χ0v) is 13.7. The van der Waals surface area contributed by atoms with Gasteiger partial charge in [-0.25, -0.2) is 9.97 Å². The Morgan fingerprint density at radius 3 is 2.91 bits per heavy atom. The summed E-state index contributed by atoms with van der Waals surface area (Å²) in [5.41, 5.74) is 0.297. The predicted octanol–water partition coefficient (Wildman–Crippen LogP) is 2.48. The van der Waals surface area contributed by atoms with Gasteiger partial charge in [0.1, 0.15) is 16.4 Å². The fraction of sp³-hybridized carbons (Fsp3) is 0.0667. The number of rotatable bonds is 4. The maximum absolute atomic E-state index is 11.8. The first kappa shape index (κ1) is 15.3. The van der Waals surface area contributed by atoms with Gasteiger partial charge in [-0.3, -0.25) is 9.59 Å². The highest BCUT2D eigenvalue weighted by Crippen LogP contribution is 2.28. The number of aromatic nitrogens is 3. The van der Waals surface area contributed by atoms with Crippen LogP contribution in [0.4, 0.5) is 0 Å². The van der Waals surface area contributed by atoms with Gasteiger partial charge in [0.05, 0.1) is 10.6 Å². The van der Waals surface area contributed by atoms with Gasteiger partial charge < -0.3 is 10.3 Å². The molecule has 0 saturated heterocycles. The quantitative estimate of drug-likeness (QED) is 0.761. The summed E-state index contributed by atoms with van der Waals surface area (Å²) in [6.07, 6.45) is 4.68. The molecule has 0 bridgehead atoms. The van der Waals surface area contributed by atoms with Crippen LogP contribution in [-0.4, -0.2) is 27.9 Å². The predicted molar refractivity (Wildman–Crippen MR) is 92.6 cm³/mol. The van der Waals surface area contributed by atoms with Crippen molar-refractivity contribution in [2.75, 3.05) is 7.05 Å². The molecule has 3 heterocycles. The molecular weight excluding hydrogens is 332 g/mol. The SMILES string of the molecule is CNC(=O)c1cnc(C=Cc2csc(-c3cccs3)n2)[nH]c1=O. The molecule has 0 saturated carbocycles. The lowest BCUT2D eigenvalue weighted by Gasteiger charge is -1.98. The first-order valence-corrected chi connectivity index (χ1v) is 8.42. The number of carbonyl (C=O) groups is 1. The summed E-state index contributed by atoms with van der Waals surface area (Å²) in [5.74, 6) is -0.0947. The molecule has 116 valence electrons. The molecule has 2 N–H and O–H groups in total. The van der Waals surface area contributed by atoms with Crippen molar-refractivity contribution in [3.63, 3.8) is 0 Å². The zero-order valence-electron chi connectivity index (χ0n) is 12.1. The standard InChI is InChI=1S/C15H12N4O2S2/c1-16-13(20)10-7-17-12(19-14(10)21)5-4-9-8-23-15(18-9)11-3-2-6-22-11/h2-8H,1H3,(H,16,20)(H,17,19,21). The highest BCUT2D eigenvalue weighted by atomic mass is 32.1. The van der Waals surface area contributed by atoms with Gasteiger partial charge in [-0.2, -0.15) is 0 Å². The second-order valence-electron chi connectivity index (χ2n) is 4.48. The van der Waals surface area contributed by atoms with E-state index in [4.69, 9.17) is 0 Å². The summed E-state index contributed by atoms with van der Waals surface area (Å²) in [6, 6.07) is 4.01. The Morgan fingerprint density at radius 1 is 1.35 bits per heavy atom. The van der Waals surface area contributed by atoms with Crippen LogP contribution < -0.4 is 10.9 Å². The Bertz CT molecular complexity index is 910. The van der Waals surface area contributed by atoms with Crippen molar-refractivity contribution in [2.24, 2.45) is 0 Å². The highest BCUT2D eigenvalue weighted by molar-refractivity contribution is 7.20. The number of H-pyrrole nitrogens is 1. The molecule has 0 spiro atoms. The molecular formula is C15H12N4O2S2. The van der Waals surface area contributed by atoms with Crippen molar-refractivity contribution < 1.29 is 4.79 Å². The van der Waals surface area contributed by atoms with Crippen LogP contribution in [0.3, 0.4) is 0 Å². The van der Waals surface area contributed by atoms with Gasteiger partial charge in [0.25, 0.3) is 11.5 Å². The molecule has 0 atom stereocenters. The number of nitrogens with zero attached hydrogens (tertiary/aromatic N) is 2. The van der Waals surface area contributed by atoms with Crippen LogP contribution >= 0.6 is 22.7 Å². The molecule has 0 aliphatic rings. The third-order valence-electron chi connectivity index (χ3n) is 2.96. The number of amides is 1. The summed E-state index contributed by atoms with van der Waals surface area (Å²) < 4.78 is 0. The second kappa shape index (κ2) is 6.67. The Morgan fingerprint density at radius 2 is 2.22 bits per heavy atom. The Balaban J connectivity index is 1.79. The first-order valence-electron chi connectivity index (χ1n) is 6.66. The molecule has 6 nitrogen and oxygen atoms in total. The van der Waals surface area contributed by atoms with Gasteiger partial charge in [-0.15, -0.1) is 22.7 Å². The van der Waals surface area contributed by atoms with Crippen molar-refractivity contribution in [1.29, 1.82) is 0 Å². The van der Waals surface area contributed by atoms with Crippen molar-refractivity contribution in [3.05, 3.63) is 56.5 Å². The molecule has 0 aliphatic heterocycles. The average molecular weight is 344 g/mol. The summed E-state index contributed by atoms with van der Waals surface area (Å²) in [4.78, 5) is 35.5. The molecule has 3 aromatic heterocycles. The van der Waals surface area contributed by atoms with Gasteiger partial charge in [-0.1, -0.05) is 6.07 Å². The van der Waals surface area contributed by atoms with Gasteiger partial charge >= 0.3 is 0 Å². The van der Waals surface area contributed by atoms with E-state index < -0.39 is 11.5 Å². The van der Waals surface area contributed by atoms with Crippen LogP contribution in [-0.2, 0) is 0 Å². The van der Waals surface area contributed by atoms with E-state index in [1.54, 1.807) is 34.8 Å². The second-order valence-corrected chi connectivity index (χ2v) is 6.28. The van der Waals surface area contributed by atoms with E-state index >= 15 is 0 Å². The van der Waals surface area contributed by atoms with Crippen molar-refractivity contribution in [2.45, 2.75) is 0 Å². The largest absolute Gasteiger partial charge is 0.355 e. The zero-order chi connectivity index (χ0) is 16.2. The molecule has 0 radical (unpaired) electrons. The van der Waals surface area contributed by atoms with Crippen molar-refractivity contribution in [3.8, 4) is 9.88 Å². The molecule has 0 unspecified atom stereocenters. The topological polar surface area (TPSA) is 87.7 Å². The fourth-order valence-corrected chi connectivity index (χ4v) is 3.43. The molecule has 3 aromatic rings. The lowest BCUT2D eigenvalue weighted by Crippen LogP contribution is -2.27. The van der Waals surface area contributed by atoms with Crippen LogP contribution in [0.25, 0.3) is 22.0 Å². The fourth-order valence-electron chi connectivity index (χ4n) is 1.83. The number of thiophene rings is 1. The minimum absolute atomic E-state index is 0.0155. The maximum atomic E-state index is 11.8. The minimum atomic E-state index is -0.475. The lowest BCUT2D eigenvalue weighted by molar-refractivity contribution is 0.0961. The number of aromatic amines is 1. The summed E-state index contributed by atoms with van der Waals surface area (Å²) in [7, 11) is 1.46. The monoisotopic (exact) mass is 344 g/mol. The van der Waals surface area contributed by atoms with E-state index in [1.165, 1.54) is 13.2 Å². The van der Waals surface area contributed by atoms with Gasteiger partial charge in [-0.05, 0) is 23.6 Å². The number of nitrogens with one attached hydrogen (secondary N) is 2. The van der Waals surface area contributed by atoms with E-state index in [1.807, 2.05) is 22.9 Å². The summed E-state index contributed by atoms with van der Waals surface area (Å²) >= 11 is 3.20. The van der Waals surface area contributed by atoms with E-state index in [0.29, 0.717) is 5.82 Å². The molecule has 1 amide bonds. The van der Waals surface area contributed by atoms with Gasteiger partial charge in [0.2, 0.25) is 0 Å². The normalized spacial score (nSPS) is 11.0. The Kier molecular flexibility index (Phi) is 4.45. The molecule has 23 heavy (non-hydrogen) atoms. The molecule has 3 rings (SSSR count). The first-order chi connectivity index (χ1) is 11.2. The smallest absolute Gasteiger partial charge is 0.263 e. The molecule has 0 aromatic carbocycles. The molecule has 0 aliphatic carbocycles. The highest BCUT2D eigenvalue weighted by Gasteiger charge is 2.09. The number of thiazole rings is 1. The average Bonchev–Trinajstić information content (AvgIpc) is 3.23. The van der Waals surface area contributed by atoms with Crippen LogP contribution in [0.5, 0.6) is 0 Å². The number of hydrogen-bond acceptors (Lipinski definition) is 6. The van der Waals surface area contributed by atoms with E-state index in [2.05, 4.69) is 20.3 Å².